The molecule has 0 bridgehead atoms. The Morgan fingerprint density at radius 3 is 2.50 bits per heavy atom. The van der Waals surface area contributed by atoms with Gasteiger partial charge in [0, 0.05) is 0 Å². The van der Waals surface area contributed by atoms with E-state index in [0.29, 0.717) is 6.07 Å². The minimum Gasteiger partial charge on any atom is -0.450 e. The third kappa shape index (κ3) is 3.69. The van der Waals surface area contributed by atoms with E-state index in [0.717, 1.165) is 18.2 Å². The number of hydrogen-bond acceptors (Lipinski definition) is 6. The van der Waals surface area contributed by atoms with E-state index in [1.54, 1.807) is 0 Å². The highest BCUT2D eigenvalue weighted by atomic mass is 19.2. The summed E-state index contributed by atoms with van der Waals surface area (Å²) < 4.78 is 48.1. The van der Waals surface area contributed by atoms with Gasteiger partial charge in [0.05, 0.1) is 11.8 Å². The zero-order chi connectivity index (χ0) is 17.9. The zero-order valence-corrected chi connectivity index (χ0v) is 11.5. The number of nitrogens with one attached hydrogen (secondary N) is 1. The molecule has 2 rings (SSSR count). The minimum absolute atomic E-state index is 0.520. The molecule has 11 heteroatoms. The van der Waals surface area contributed by atoms with Crippen LogP contribution in [0.15, 0.2) is 28.7 Å². The number of furan rings is 1. The summed E-state index contributed by atoms with van der Waals surface area (Å²) in [7, 11) is 0. The average molecular weight is 344 g/mol. The van der Waals surface area contributed by atoms with Crippen LogP contribution < -0.4 is 5.32 Å². The van der Waals surface area contributed by atoms with Gasteiger partial charge < -0.3 is 14.5 Å². The van der Waals surface area contributed by atoms with Crippen LogP contribution in [0.3, 0.4) is 0 Å². The first-order valence-electron chi connectivity index (χ1n) is 6.14. The van der Waals surface area contributed by atoms with Gasteiger partial charge in [0.15, 0.2) is 24.1 Å². The van der Waals surface area contributed by atoms with Crippen molar-refractivity contribution in [1.29, 1.82) is 0 Å². The number of ether oxygens (including phenoxy) is 1. The van der Waals surface area contributed by atoms with Gasteiger partial charge >= 0.3 is 11.9 Å². The fraction of sp³-hybridized carbons (Fsp3) is 0.0769. The second-order valence-electron chi connectivity index (χ2n) is 4.24. The summed E-state index contributed by atoms with van der Waals surface area (Å²) in [6.45, 7) is -0.911. The molecule has 1 aromatic carbocycles. The first-order chi connectivity index (χ1) is 11.3. The number of amides is 1. The summed E-state index contributed by atoms with van der Waals surface area (Å²) >= 11 is 0. The van der Waals surface area contributed by atoms with Crippen molar-refractivity contribution in [2.24, 2.45) is 0 Å². The fourth-order valence-electron chi connectivity index (χ4n) is 1.55. The molecule has 1 heterocycles. The number of hydrogen-bond donors (Lipinski definition) is 1. The molecule has 0 atom stereocenters. The maximum Gasteiger partial charge on any atom is 0.433 e. The van der Waals surface area contributed by atoms with E-state index in [2.05, 4.69) is 9.15 Å². The zero-order valence-electron chi connectivity index (χ0n) is 11.5. The Labute approximate surface area is 131 Å². The monoisotopic (exact) mass is 344 g/mol. The van der Waals surface area contributed by atoms with E-state index in [1.807, 2.05) is 5.32 Å². The lowest BCUT2D eigenvalue weighted by Gasteiger charge is -2.07. The molecule has 126 valence electrons. The number of carbonyl (C=O) groups excluding carboxylic acids is 2. The van der Waals surface area contributed by atoms with E-state index in [1.165, 1.54) is 0 Å². The Morgan fingerprint density at radius 2 is 1.88 bits per heavy atom. The standard InChI is InChI=1S/C13H7F3N2O6/c14-6-1-2-7(12(16)11(6)15)17-9(19)5-23-13(20)8-3-4-10(24-8)18(21)22/h1-4H,5H2,(H,17,19). The Hall–Kier alpha value is -3.37. The van der Waals surface area contributed by atoms with Gasteiger partial charge in [-0.1, -0.05) is 0 Å². The quantitative estimate of drug-likeness (QED) is 0.386. The molecule has 0 aliphatic heterocycles. The summed E-state index contributed by atoms with van der Waals surface area (Å²) in [6.07, 6.45) is 0. The smallest absolute Gasteiger partial charge is 0.433 e. The van der Waals surface area contributed by atoms with E-state index >= 15 is 0 Å². The molecule has 1 aromatic heterocycles. The average Bonchev–Trinajstić information content (AvgIpc) is 3.03. The van der Waals surface area contributed by atoms with Crippen molar-refractivity contribution >= 4 is 23.4 Å². The third-order valence-electron chi connectivity index (χ3n) is 2.62. The van der Waals surface area contributed by atoms with Crippen LogP contribution in [0, 0.1) is 27.6 Å². The fourth-order valence-corrected chi connectivity index (χ4v) is 1.55. The van der Waals surface area contributed by atoms with Crippen molar-refractivity contribution in [2.45, 2.75) is 0 Å². The van der Waals surface area contributed by atoms with Crippen molar-refractivity contribution < 1.29 is 36.8 Å². The molecule has 0 saturated heterocycles. The lowest BCUT2D eigenvalue weighted by Crippen LogP contribution is -2.21. The second kappa shape index (κ2) is 6.81. The van der Waals surface area contributed by atoms with Crippen LogP contribution in [0.25, 0.3) is 0 Å². The van der Waals surface area contributed by atoms with Gasteiger partial charge in [0.25, 0.3) is 5.91 Å². The number of rotatable bonds is 5. The van der Waals surface area contributed by atoms with E-state index in [-0.39, 0.29) is 0 Å². The molecule has 0 unspecified atom stereocenters. The van der Waals surface area contributed by atoms with Gasteiger partial charge in [-0.3, -0.25) is 14.9 Å². The van der Waals surface area contributed by atoms with Crippen molar-refractivity contribution in [2.75, 3.05) is 11.9 Å². The third-order valence-corrected chi connectivity index (χ3v) is 2.62. The molecule has 8 nitrogen and oxygen atoms in total. The molecule has 0 aliphatic carbocycles. The molecule has 0 radical (unpaired) electrons. The van der Waals surface area contributed by atoms with Crippen molar-refractivity contribution in [3.05, 3.63) is 57.6 Å². The number of benzene rings is 1. The van der Waals surface area contributed by atoms with Gasteiger partial charge in [0.1, 0.15) is 4.92 Å². The summed E-state index contributed by atoms with van der Waals surface area (Å²) in [5.74, 6) is -8.26. The molecule has 0 saturated carbocycles. The molecule has 1 N–H and O–H groups in total. The van der Waals surface area contributed by atoms with Crippen LogP contribution in [-0.2, 0) is 9.53 Å². The maximum atomic E-state index is 13.3. The normalized spacial score (nSPS) is 10.3. The van der Waals surface area contributed by atoms with Crippen molar-refractivity contribution in [3.63, 3.8) is 0 Å². The van der Waals surface area contributed by atoms with Crippen molar-refractivity contribution in [3.8, 4) is 0 Å². The van der Waals surface area contributed by atoms with E-state index in [4.69, 9.17) is 0 Å². The van der Waals surface area contributed by atoms with Gasteiger partial charge in [0.2, 0.25) is 5.76 Å². The summed E-state index contributed by atoms with van der Waals surface area (Å²) in [5.41, 5.74) is -0.649. The number of nitrogens with zero attached hydrogens (tertiary/aromatic N) is 1. The summed E-state index contributed by atoms with van der Waals surface area (Å²) in [5, 5.41) is 12.3. The van der Waals surface area contributed by atoms with Crippen LogP contribution in [0.5, 0.6) is 0 Å². The highest BCUT2D eigenvalue weighted by molar-refractivity contribution is 5.94. The highest BCUT2D eigenvalue weighted by Crippen LogP contribution is 2.20. The molecule has 0 aliphatic rings. The molecular formula is C13H7F3N2O6. The number of anilines is 1. The number of nitro groups is 1. The summed E-state index contributed by atoms with van der Waals surface area (Å²) in [6, 6.07) is 3.26. The van der Waals surface area contributed by atoms with Crippen LogP contribution in [-0.4, -0.2) is 23.4 Å². The van der Waals surface area contributed by atoms with Crippen LogP contribution in [0.1, 0.15) is 10.6 Å². The molecular weight excluding hydrogens is 337 g/mol. The minimum atomic E-state index is -1.77. The first kappa shape index (κ1) is 17.0. The molecule has 24 heavy (non-hydrogen) atoms. The topological polar surface area (TPSA) is 112 Å². The Morgan fingerprint density at radius 1 is 1.17 bits per heavy atom. The molecule has 2 aromatic rings. The van der Waals surface area contributed by atoms with E-state index < -0.39 is 58.2 Å². The lowest BCUT2D eigenvalue weighted by atomic mass is 10.3. The van der Waals surface area contributed by atoms with Crippen LogP contribution >= 0.6 is 0 Å². The maximum absolute atomic E-state index is 13.3. The van der Waals surface area contributed by atoms with Crippen molar-refractivity contribution in [1.82, 2.24) is 0 Å². The van der Waals surface area contributed by atoms with Crippen LogP contribution in [0.4, 0.5) is 24.7 Å². The predicted octanol–water partition coefficient (Wildman–Crippen LogP) is 2.40. The van der Waals surface area contributed by atoms with Gasteiger partial charge in [-0.15, -0.1) is 0 Å². The Bertz CT molecular complexity index is 820. The number of halogens is 3. The predicted molar refractivity (Wildman–Crippen MR) is 70.6 cm³/mol. The van der Waals surface area contributed by atoms with Gasteiger partial charge in [-0.25, -0.2) is 18.0 Å². The summed E-state index contributed by atoms with van der Waals surface area (Å²) in [4.78, 5) is 32.5. The molecule has 1 amide bonds. The highest BCUT2D eigenvalue weighted by Gasteiger charge is 2.20. The number of carbonyl (C=O) groups is 2. The first-order valence-corrected chi connectivity index (χ1v) is 6.14. The van der Waals surface area contributed by atoms with Gasteiger partial charge in [-0.05, 0) is 18.2 Å². The molecule has 0 fully saturated rings. The Kier molecular flexibility index (Phi) is 4.82. The molecule has 0 spiro atoms. The SMILES string of the molecule is O=C(COC(=O)c1ccc([N+](=O)[O-])o1)Nc1ccc(F)c(F)c1F. The second-order valence-corrected chi connectivity index (χ2v) is 4.24. The van der Waals surface area contributed by atoms with Gasteiger partial charge in [-0.2, -0.15) is 0 Å². The van der Waals surface area contributed by atoms with Crippen LogP contribution in [0.2, 0.25) is 0 Å². The van der Waals surface area contributed by atoms with E-state index in [9.17, 15) is 32.9 Å². The number of esters is 1. The largest absolute Gasteiger partial charge is 0.450 e. The lowest BCUT2D eigenvalue weighted by molar-refractivity contribution is -0.402. The Balaban J connectivity index is 1.94.